The molecule has 31 heavy (non-hydrogen) atoms. The third kappa shape index (κ3) is 7.27. The fourth-order valence-electron chi connectivity index (χ4n) is 3.84. The predicted octanol–water partition coefficient (Wildman–Crippen LogP) is 4.91. The van der Waals surface area contributed by atoms with E-state index in [1.807, 2.05) is 18.2 Å². The molecule has 2 aromatic carbocycles. The second kappa shape index (κ2) is 11.9. The zero-order valence-corrected chi connectivity index (χ0v) is 17.7. The van der Waals surface area contributed by atoms with E-state index in [2.05, 4.69) is 11.0 Å². The number of nitrogens with zero attached hydrogens (tertiary/aromatic N) is 3. The Morgan fingerprint density at radius 3 is 2.26 bits per heavy atom. The van der Waals surface area contributed by atoms with Crippen LogP contribution in [0.25, 0.3) is 0 Å². The largest absolute Gasteiger partial charge is 0.494 e. The maximum Gasteiger partial charge on any atom is 0.144 e. The maximum atomic E-state index is 13.6. The van der Waals surface area contributed by atoms with Gasteiger partial charge < -0.3 is 14.4 Å². The van der Waals surface area contributed by atoms with Crippen LogP contribution >= 0.6 is 0 Å². The SMILES string of the molecule is N#Cc1ccc(OCCCN2CCC(CCCOc3ccc(C#N)c(F)c3)CC2)cc1. The molecule has 1 heterocycles. The van der Waals surface area contributed by atoms with Gasteiger partial charge in [-0.2, -0.15) is 10.5 Å². The minimum absolute atomic E-state index is 0.0416. The normalized spacial score (nSPS) is 14.5. The number of rotatable bonds is 10. The molecule has 0 unspecified atom stereocenters. The Morgan fingerprint density at radius 2 is 1.58 bits per heavy atom. The maximum absolute atomic E-state index is 13.6. The molecule has 0 radical (unpaired) electrons. The lowest BCUT2D eigenvalue weighted by Crippen LogP contribution is -2.35. The molecule has 1 saturated heterocycles. The van der Waals surface area contributed by atoms with Crippen molar-refractivity contribution < 1.29 is 13.9 Å². The summed E-state index contributed by atoms with van der Waals surface area (Å²) in [4.78, 5) is 2.49. The van der Waals surface area contributed by atoms with Crippen molar-refractivity contribution in [2.75, 3.05) is 32.8 Å². The van der Waals surface area contributed by atoms with Gasteiger partial charge in [0.15, 0.2) is 0 Å². The summed E-state index contributed by atoms with van der Waals surface area (Å²) < 4.78 is 25.0. The van der Waals surface area contributed by atoms with Crippen LogP contribution in [0.4, 0.5) is 4.39 Å². The van der Waals surface area contributed by atoms with Crippen molar-refractivity contribution in [3.8, 4) is 23.6 Å². The Morgan fingerprint density at radius 1 is 0.903 bits per heavy atom. The molecule has 0 spiro atoms. The van der Waals surface area contributed by atoms with Crippen LogP contribution < -0.4 is 9.47 Å². The van der Waals surface area contributed by atoms with Crippen LogP contribution in [-0.2, 0) is 0 Å². The first-order chi connectivity index (χ1) is 15.2. The second-order valence-electron chi connectivity index (χ2n) is 7.87. The van der Waals surface area contributed by atoms with Gasteiger partial charge in [0.2, 0.25) is 0 Å². The average molecular weight is 422 g/mol. The van der Waals surface area contributed by atoms with Crippen molar-refractivity contribution >= 4 is 0 Å². The highest BCUT2D eigenvalue weighted by molar-refractivity contribution is 5.36. The van der Waals surface area contributed by atoms with Gasteiger partial charge in [0.05, 0.1) is 30.4 Å². The summed E-state index contributed by atoms with van der Waals surface area (Å²) in [5.74, 6) is 1.47. The van der Waals surface area contributed by atoms with Gasteiger partial charge in [0, 0.05) is 12.6 Å². The molecule has 6 heteroatoms. The molecule has 162 valence electrons. The zero-order chi connectivity index (χ0) is 21.9. The van der Waals surface area contributed by atoms with Gasteiger partial charge in [0.25, 0.3) is 0 Å². The minimum atomic E-state index is -0.533. The Hall–Kier alpha value is -3.09. The van der Waals surface area contributed by atoms with E-state index in [9.17, 15) is 4.39 Å². The summed E-state index contributed by atoms with van der Waals surface area (Å²) in [6.45, 7) is 4.51. The Kier molecular flexibility index (Phi) is 8.70. The standard InChI is InChI=1S/C25H28FN3O2/c26-25-17-24(9-6-22(25)19-28)31-15-1-3-20-10-13-29(14-11-20)12-2-16-30-23-7-4-21(18-27)5-8-23/h4-9,17,20H,1-3,10-16H2. The molecule has 1 aliphatic rings. The van der Waals surface area contributed by atoms with Crippen LogP contribution in [0.3, 0.4) is 0 Å². The number of piperidine rings is 1. The smallest absolute Gasteiger partial charge is 0.144 e. The summed E-state index contributed by atoms with van der Waals surface area (Å²) in [6.07, 6.45) is 5.45. The van der Waals surface area contributed by atoms with Gasteiger partial charge in [-0.15, -0.1) is 0 Å². The Balaban J connectivity index is 1.24. The number of hydrogen-bond donors (Lipinski definition) is 0. The highest BCUT2D eigenvalue weighted by Crippen LogP contribution is 2.23. The second-order valence-corrected chi connectivity index (χ2v) is 7.87. The number of halogens is 1. The van der Waals surface area contributed by atoms with Crippen LogP contribution in [0.1, 0.15) is 43.2 Å². The summed E-state index contributed by atoms with van der Waals surface area (Å²) in [5, 5.41) is 17.6. The molecule has 0 aromatic heterocycles. The molecule has 5 nitrogen and oxygen atoms in total. The van der Waals surface area contributed by atoms with Crippen LogP contribution in [0.5, 0.6) is 11.5 Å². The van der Waals surface area contributed by atoms with Gasteiger partial charge in [-0.1, -0.05) is 0 Å². The van der Waals surface area contributed by atoms with Crippen LogP contribution in [-0.4, -0.2) is 37.7 Å². The van der Waals surface area contributed by atoms with Crippen molar-refractivity contribution in [1.82, 2.24) is 4.90 Å². The molecule has 0 saturated carbocycles. The van der Waals surface area contributed by atoms with Gasteiger partial charge in [-0.25, -0.2) is 4.39 Å². The topological polar surface area (TPSA) is 69.3 Å². The lowest BCUT2D eigenvalue weighted by molar-refractivity contribution is 0.161. The molecular weight excluding hydrogens is 393 g/mol. The van der Waals surface area contributed by atoms with Gasteiger partial charge >= 0.3 is 0 Å². The highest BCUT2D eigenvalue weighted by Gasteiger charge is 2.18. The lowest BCUT2D eigenvalue weighted by Gasteiger charge is -2.32. The highest BCUT2D eigenvalue weighted by atomic mass is 19.1. The molecule has 0 bridgehead atoms. The van der Waals surface area contributed by atoms with Crippen molar-refractivity contribution in [3.05, 3.63) is 59.4 Å². The Labute approximate surface area is 183 Å². The number of nitriles is 2. The third-order valence-corrected chi connectivity index (χ3v) is 5.66. The first-order valence-corrected chi connectivity index (χ1v) is 10.9. The van der Waals surface area contributed by atoms with Crippen molar-refractivity contribution in [2.24, 2.45) is 5.92 Å². The van der Waals surface area contributed by atoms with Crippen molar-refractivity contribution in [3.63, 3.8) is 0 Å². The molecule has 0 N–H and O–H groups in total. The van der Waals surface area contributed by atoms with E-state index in [1.165, 1.54) is 25.0 Å². The van der Waals surface area contributed by atoms with E-state index >= 15 is 0 Å². The van der Waals surface area contributed by atoms with E-state index < -0.39 is 5.82 Å². The average Bonchev–Trinajstić information content (AvgIpc) is 2.81. The van der Waals surface area contributed by atoms with Gasteiger partial charge in [-0.05, 0) is 87.5 Å². The molecule has 0 amide bonds. The van der Waals surface area contributed by atoms with E-state index in [0.29, 0.717) is 30.4 Å². The number of ether oxygens (including phenoxy) is 2. The summed E-state index contributed by atoms with van der Waals surface area (Å²) in [7, 11) is 0. The zero-order valence-electron chi connectivity index (χ0n) is 17.7. The van der Waals surface area contributed by atoms with Gasteiger partial charge in [-0.3, -0.25) is 0 Å². The molecule has 1 fully saturated rings. The molecule has 1 aliphatic heterocycles. The molecule has 3 rings (SSSR count). The van der Waals surface area contributed by atoms with Crippen molar-refractivity contribution in [1.29, 1.82) is 10.5 Å². The first kappa shape index (κ1) is 22.6. The monoisotopic (exact) mass is 421 g/mol. The molecule has 0 aliphatic carbocycles. The van der Waals surface area contributed by atoms with E-state index in [-0.39, 0.29) is 5.56 Å². The summed E-state index contributed by atoms with van der Waals surface area (Å²) >= 11 is 0. The molecular formula is C25H28FN3O2. The van der Waals surface area contributed by atoms with Crippen molar-refractivity contribution in [2.45, 2.75) is 32.1 Å². The predicted molar refractivity (Wildman–Crippen MR) is 116 cm³/mol. The Bertz CT molecular complexity index is 910. The minimum Gasteiger partial charge on any atom is -0.494 e. The number of likely N-dealkylation sites (tertiary alicyclic amines) is 1. The number of benzene rings is 2. The molecule has 2 aromatic rings. The summed E-state index contributed by atoms with van der Waals surface area (Å²) in [5.41, 5.74) is 0.685. The van der Waals surface area contributed by atoms with Gasteiger partial charge in [0.1, 0.15) is 23.4 Å². The fourth-order valence-corrected chi connectivity index (χ4v) is 3.84. The van der Waals surface area contributed by atoms with E-state index in [1.54, 1.807) is 18.2 Å². The third-order valence-electron chi connectivity index (χ3n) is 5.66. The summed E-state index contributed by atoms with van der Waals surface area (Å²) in [6, 6.07) is 15.5. The van der Waals surface area contributed by atoms with Crippen LogP contribution in [0.2, 0.25) is 0 Å². The van der Waals surface area contributed by atoms with Crippen LogP contribution in [0.15, 0.2) is 42.5 Å². The van der Waals surface area contributed by atoms with E-state index in [0.717, 1.165) is 44.6 Å². The fraction of sp³-hybridized carbons (Fsp3) is 0.440. The first-order valence-electron chi connectivity index (χ1n) is 10.9. The molecule has 0 atom stereocenters. The quantitative estimate of drug-likeness (QED) is 0.510. The lowest BCUT2D eigenvalue weighted by atomic mass is 9.92. The number of hydrogen-bond acceptors (Lipinski definition) is 5. The van der Waals surface area contributed by atoms with E-state index in [4.69, 9.17) is 20.0 Å². The van der Waals surface area contributed by atoms with Crippen LogP contribution in [0, 0.1) is 34.4 Å².